The number of anilines is 2. The average Bonchev–Trinajstić information content (AvgIpc) is 3.10. The maximum absolute atomic E-state index is 11.5. The van der Waals surface area contributed by atoms with Crippen LogP contribution in [-0.4, -0.2) is 31.1 Å². The normalized spacial score (nSPS) is 13.3. The molecule has 0 unspecified atom stereocenters. The summed E-state index contributed by atoms with van der Waals surface area (Å²) in [6, 6.07) is 7.17. The highest BCUT2D eigenvalue weighted by atomic mass is 32.2. The Bertz CT molecular complexity index is 967. The van der Waals surface area contributed by atoms with Gasteiger partial charge in [0, 0.05) is 17.0 Å². The van der Waals surface area contributed by atoms with E-state index in [0.29, 0.717) is 23.3 Å². The quantitative estimate of drug-likeness (QED) is 0.679. The Balaban J connectivity index is 1.72. The highest BCUT2D eigenvalue weighted by Gasteiger charge is 2.20. The zero-order valence-electron chi connectivity index (χ0n) is 11.7. The Labute approximate surface area is 134 Å². The summed E-state index contributed by atoms with van der Waals surface area (Å²) in [5.74, 6) is -0.547. The number of nitrogens with zero attached hydrogens (tertiary/aromatic N) is 2. The number of aromatic amines is 1. The number of hydrogen-bond acceptors (Lipinski definition) is 6. The Kier molecular flexibility index (Phi) is 3.05. The Hall–Kier alpha value is -2.87. The first-order chi connectivity index (χ1) is 11.1. The number of carbonyl (C=O) groups is 2. The first kappa shape index (κ1) is 13.8. The minimum atomic E-state index is -1.05. The number of carbonyl (C=O) groups excluding carboxylic acids is 1. The van der Waals surface area contributed by atoms with Crippen molar-refractivity contribution in [3.8, 4) is 0 Å². The molecule has 1 aromatic carbocycles. The molecule has 23 heavy (non-hydrogen) atoms. The predicted octanol–water partition coefficient (Wildman–Crippen LogP) is 2.57. The van der Waals surface area contributed by atoms with Crippen LogP contribution in [0.15, 0.2) is 35.5 Å². The third-order valence-electron chi connectivity index (χ3n) is 3.54. The number of rotatable bonds is 3. The monoisotopic (exact) mass is 326 g/mol. The lowest BCUT2D eigenvalue weighted by molar-refractivity contribution is -0.110. The molecule has 0 spiro atoms. The summed E-state index contributed by atoms with van der Waals surface area (Å²) < 4.78 is 0. The fraction of sp³-hybridized carbons (Fsp3) is 0.0667. The van der Waals surface area contributed by atoms with Gasteiger partial charge in [0.25, 0.3) is 0 Å². The van der Waals surface area contributed by atoms with Gasteiger partial charge in [0.2, 0.25) is 0 Å². The maximum atomic E-state index is 11.5. The van der Waals surface area contributed by atoms with Crippen molar-refractivity contribution in [2.45, 2.75) is 11.3 Å². The molecule has 0 saturated heterocycles. The third kappa shape index (κ3) is 2.42. The minimum Gasteiger partial charge on any atom is -0.477 e. The van der Waals surface area contributed by atoms with Gasteiger partial charge in [0.1, 0.15) is 23.5 Å². The maximum Gasteiger partial charge on any atom is 0.352 e. The van der Waals surface area contributed by atoms with Crippen LogP contribution in [0.2, 0.25) is 0 Å². The zero-order chi connectivity index (χ0) is 16.0. The van der Waals surface area contributed by atoms with Gasteiger partial charge < -0.3 is 15.4 Å². The van der Waals surface area contributed by atoms with Crippen LogP contribution in [0.5, 0.6) is 0 Å². The van der Waals surface area contributed by atoms with E-state index in [1.165, 1.54) is 24.2 Å². The van der Waals surface area contributed by atoms with Crippen molar-refractivity contribution < 1.29 is 14.7 Å². The van der Waals surface area contributed by atoms with Crippen molar-refractivity contribution in [3.63, 3.8) is 0 Å². The number of hydrogen-bond donors (Lipinski definition) is 3. The van der Waals surface area contributed by atoms with Crippen LogP contribution < -0.4 is 5.32 Å². The van der Waals surface area contributed by atoms with Crippen LogP contribution in [0.3, 0.4) is 0 Å². The Morgan fingerprint density at radius 3 is 3.00 bits per heavy atom. The minimum absolute atomic E-state index is 0.0543. The molecule has 0 fully saturated rings. The largest absolute Gasteiger partial charge is 0.477 e. The molecular formula is C15H10N4O3S. The van der Waals surface area contributed by atoms with Gasteiger partial charge in [-0.1, -0.05) is 17.8 Å². The molecule has 4 rings (SSSR count). The van der Waals surface area contributed by atoms with Gasteiger partial charge >= 0.3 is 5.97 Å². The second-order valence-electron chi connectivity index (χ2n) is 5.07. The van der Waals surface area contributed by atoms with E-state index in [1.807, 2.05) is 18.2 Å². The molecule has 0 bridgehead atoms. The van der Waals surface area contributed by atoms with E-state index >= 15 is 0 Å². The standard InChI is InChI=1S/C15H10N4O3S/c20-12-3-7-1-2-8(4-11(7)23-12)18-13-9-5-10(15(21)22)19-14(9)17-6-16-13/h1-2,4-6H,3H2,(H,21,22)(H2,16,17,18,19). The van der Waals surface area contributed by atoms with Crippen LogP contribution in [0.4, 0.5) is 11.5 Å². The first-order valence-electron chi connectivity index (χ1n) is 6.78. The van der Waals surface area contributed by atoms with Crippen molar-refractivity contribution in [1.29, 1.82) is 0 Å². The van der Waals surface area contributed by atoms with Gasteiger partial charge in [-0.05, 0) is 23.8 Å². The molecule has 0 saturated carbocycles. The number of carboxylic acids is 1. The number of aromatic carboxylic acids is 1. The summed E-state index contributed by atoms with van der Waals surface area (Å²) in [5.41, 5.74) is 2.31. The van der Waals surface area contributed by atoms with E-state index in [0.717, 1.165) is 16.1 Å². The molecule has 0 atom stereocenters. The zero-order valence-corrected chi connectivity index (χ0v) is 12.5. The summed E-state index contributed by atoms with van der Waals surface area (Å²) in [5, 5.41) is 12.9. The number of benzene rings is 1. The Morgan fingerprint density at radius 1 is 1.30 bits per heavy atom. The highest BCUT2D eigenvalue weighted by Crippen LogP contribution is 2.35. The smallest absolute Gasteiger partial charge is 0.352 e. The lowest BCUT2D eigenvalue weighted by Gasteiger charge is -2.07. The first-order valence-corrected chi connectivity index (χ1v) is 7.59. The van der Waals surface area contributed by atoms with Gasteiger partial charge in [-0.25, -0.2) is 14.8 Å². The van der Waals surface area contributed by atoms with Crippen molar-refractivity contribution in [2.24, 2.45) is 0 Å². The van der Waals surface area contributed by atoms with Crippen molar-refractivity contribution >= 4 is 45.4 Å². The lowest BCUT2D eigenvalue weighted by Crippen LogP contribution is -1.95. The van der Waals surface area contributed by atoms with Gasteiger partial charge in [0.15, 0.2) is 5.12 Å². The number of carboxylic acid groups (broad SMARTS) is 1. The highest BCUT2D eigenvalue weighted by molar-refractivity contribution is 8.14. The average molecular weight is 326 g/mol. The van der Waals surface area contributed by atoms with E-state index in [2.05, 4.69) is 20.3 Å². The van der Waals surface area contributed by atoms with Crippen molar-refractivity contribution in [3.05, 3.63) is 41.9 Å². The third-order valence-corrected chi connectivity index (χ3v) is 4.52. The molecule has 0 amide bonds. The van der Waals surface area contributed by atoms with Crippen LogP contribution in [-0.2, 0) is 11.2 Å². The van der Waals surface area contributed by atoms with Crippen LogP contribution in [0.25, 0.3) is 11.0 Å². The number of nitrogens with one attached hydrogen (secondary N) is 2. The van der Waals surface area contributed by atoms with Crippen LogP contribution in [0.1, 0.15) is 16.1 Å². The molecule has 1 aliphatic rings. The van der Waals surface area contributed by atoms with Crippen molar-refractivity contribution in [2.75, 3.05) is 5.32 Å². The number of H-pyrrole nitrogens is 1. The number of aromatic nitrogens is 3. The molecule has 3 aromatic rings. The van der Waals surface area contributed by atoms with Gasteiger partial charge in [-0.3, -0.25) is 4.79 Å². The van der Waals surface area contributed by atoms with E-state index in [9.17, 15) is 9.59 Å². The summed E-state index contributed by atoms with van der Waals surface area (Å²) in [4.78, 5) is 34.4. The van der Waals surface area contributed by atoms with Crippen LogP contribution in [0, 0.1) is 0 Å². The fourth-order valence-electron chi connectivity index (χ4n) is 2.48. The van der Waals surface area contributed by atoms with E-state index in [4.69, 9.17) is 5.11 Å². The van der Waals surface area contributed by atoms with Gasteiger partial charge in [-0.2, -0.15) is 0 Å². The SMILES string of the molecule is O=C1Cc2ccc(Nc3ncnc4[nH]c(C(=O)O)cc34)cc2S1. The summed E-state index contributed by atoms with van der Waals surface area (Å²) in [6.07, 6.45) is 1.82. The summed E-state index contributed by atoms with van der Waals surface area (Å²) in [6.45, 7) is 0. The van der Waals surface area contributed by atoms with Crippen molar-refractivity contribution in [1.82, 2.24) is 15.0 Å². The fourth-order valence-corrected chi connectivity index (χ4v) is 3.41. The number of fused-ring (bicyclic) bond motifs is 2. The molecule has 0 aliphatic carbocycles. The van der Waals surface area contributed by atoms with E-state index in [-0.39, 0.29) is 10.8 Å². The summed E-state index contributed by atoms with van der Waals surface area (Å²) >= 11 is 1.23. The molecule has 2 aromatic heterocycles. The second kappa shape index (κ2) is 5.10. The predicted molar refractivity (Wildman–Crippen MR) is 85.1 cm³/mol. The number of thioether (sulfide) groups is 1. The van der Waals surface area contributed by atoms with E-state index in [1.54, 1.807) is 0 Å². The molecule has 3 heterocycles. The second-order valence-corrected chi connectivity index (χ2v) is 6.17. The molecule has 3 N–H and O–H groups in total. The topological polar surface area (TPSA) is 108 Å². The molecule has 0 radical (unpaired) electrons. The van der Waals surface area contributed by atoms with E-state index < -0.39 is 5.97 Å². The van der Waals surface area contributed by atoms with Crippen LogP contribution >= 0.6 is 11.8 Å². The van der Waals surface area contributed by atoms with Gasteiger partial charge in [-0.15, -0.1) is 0 Å². The molecule has 8 heteroatoms. The lowest BCUT2D eigenvalue weighted by atomic mass is 10.1. The molecule has 1 aliphatic heterocycles. The Morgan fingerprint density at radius 2 is 2.17 bits per heavy atom. The molecule has 7 nitrogen and oxygen atoms in total. The molecular weight excluding hydrogens is 316 g/mol. The summed E-state index contributed by atoms with van der Waals surface area (Å²) in [7, 11) is 0. The van der Waals surface area contributed by atoms with Gasteiger partial charge in [0.05, 0.1) is 5.39 Å². The molecule has 114 valence electrons.